The van der Waals surface area contributed by atoms with Crippen LogP contribution in [-0.4, -0.2) is 4.57 Å². The number of para-hydroxylation sites is 4. The number of furan rings is 1. The van der Waals surface area contributed by atoms with Crippen molar-refractivity contribution in [1.29, 1.82) is 0 Å². The largest absolute Gasteiger partial charge is 0.456 e. The molecule has 0 bridgehead atoms. The van der Waals surface area contributed by atoms with E-state index in [1.165, 1.54) is 21.8 Å². The van der Waals surface area contributed by atoms with Crippen molar-refractivity contribution in [3.63, 3.8) is 0 Å². The van der Waals surface area contributed by atoms with E-state index in [0.717, 1.165) is 55.8 Å². The molecule has 2 heterocycles. The molecule has 0 spiro atoms. The topological polar surface area (TPSA) is 21.3 Å². The molecule has 3 nitrogen and oxygen atoms in total. The SMILES string of the molecule is c1ccc(-c2cc3c(cc2N(c2ccccc2)c2ccc4oc5ccccc5c4c2)c2ccccc2n3-c2ccccc2)cc1. The van der Waals surface area contributed by atoms with Crippen LogP contribution in [0.4, 0.5) is 17.1 Å². The average molecular weight is 577 g/mol. The van der Waals surface area contributed by atoms with Crippen molar-refractivity contribution >= 4 is 60.8 Å². The lowest BCUT2D eigenvalue weighted by Gasteiger charge is -2.28. The van der Waals surface area contributed by atoms with E-state index in [2.05, 4.69) is 167 Å². The molecule has 2 aromatic heterocycles. The molecule has 0 amide bonds. The predicted octanol–water partition coefficient (Wildman–Crippen LogP) is 11.8. The fraction of sp³-hybridized carbons (Fsp3) is 0. The van der Waals surface area contributed by atoms with Gasteiger partial charge in [-0.2, -0.15) is 0 Å². The molecule has 9 rings (SSSR count). The van der Waals surface area contributed by atoms with E-state index in [0.29, 0.717) is 0 Å². The number of nitrogens with zero attached hydrogens (tertiary/aromatic N) is 2. The second-order valence-corrected chi connectivity index (χ2v) is 11.4. The number of aromatic nitrogens is 1. The Balaban J connectivity index is 1.39. The van der Waals surface area contributed by atoms with Gasteiger partial charge in [0, 0.05) is 44.2 Å². The van der Waals surface area contributed by atoms with E-state index in [1.807, 2.05) is 12.1 Å². The summed E-state index contributed by atoms with van der Waals surface area (Å²) in [4.78, 5) is 2.39. The Bertz CT molecular complexity index is 2470. The smallest absolute Gasteiger partial charge is 0.135 e. The highest BCUT2D eigenvalue weighted by Crippen LogP contribution is 2.46. The minimum absolute atomic E-state index is 0.887. The number of benzene rings is 7. The summed E-state index contributed by atoms with van der Waals surface area (Å²) in [6, 6.07) is 60.3. The first-order valence-corrected chi connectivity index (χ1v) is 15.3. The van der Waals surface area contributed by atoms with Crippen LogP contribution < -0.4 is 4.90 Å². The lowest BCUT2D eigenvalue weighted by molar-refractivity contribution is 0.669. The molecule has 45 heavy (non-hydrogen) atoms. The van der Waals surface area contributed by atoms with Crippen LogP contribution >= 0.6 is 0 Å². The molecule has 0 saturated carbocycles. The molecule has 7 aromatic carbocycles. The third-order valence-electron chi connectivity index (χ3n) is 8.76. The quantitative estimate of drug-likeness (QED) is 0.203. The number of fused-ring (bicyclic) bond motifs is 6. The number of rotatable bonds is 5. The van der Waals surface area contributed by atoms with Crippen LogP contribution in [0.3, 0.4) is 0 Å². The Kier molecular flexibility index (Phi) is 5.82. The van der Waals surface area contributed by atoms with E-state index >= 15 is 0 Å². The van der Waals surface area contributed by atoms with Gasteiger partial charge < -0.3 is 13.9 Å². The number of hydrogen-bond acceptors (Lipinski definition) is 2. The number of anilines is 3. The summed E-state index contributed by atoms with van der Waals surface area (Å²) in [7, 11) is 0. The Morgan fingerprint density at radius 1 is 0.422 bits per heavy atom. The van der Waals surface area contributed by atoms with Gasteiger partial charge in [-0.05, 0) is 72.3 Å². The average Bonchev–Trinajstić information content (AvgIpc) is 3.64. The molecule has 0 fully saturated rings. The molecule has 0 N–H and O–H groups in total. The van der Waals surface area contributed by atoms with Gasteiger partial charge in [0.25, 0.3) is 0 Å². The second-order valence-electron chi connectivity index (χ2n) is 11.4. The summed E-state index contributed by atoms with van der Waals surface area (Å²) in [5.74, 6) is 0. The zero-order chi connectivity index (χ0) is 29.7. The highest BCUT2D eigenvalue weighted by Gasteiger charge is 2.22. The van der Waals surface area contributed by atoms with Crippen LogP contribution in [0.25, 0.3) is 60.6 Å². The van der Waals surface area contributed by atoms with E-state index in [-0.39, 0.29) is 0 Å². The van der Waals surface area contributed by atoms with Gasteiger partial charge in [0.1, 0.15) is 11.2 Å². The van der Waals surface area contributed by atoms with E-state index in [4.69, 9.17) is 4.42 Å². The van der Waals surface area contributed by atoms with Gasteiger partial charge in [-0.1, -0.05) is 103 Å². The molecule has 0 aliphatic rings. The summed E-state index contributed by atoms with van der Waals surface area (Å²) in [5, 5.41) is 4.65. The predicted molar refractivity (Wildman–Crippen MR) is 188 cm³/mol. The van der Waals surface area contributed by atoms with Crippen molar-refractivity contribution in [3.05, 3.63) is 170 Å². The van der Waals surface area contributed by atoms with Crippen molar-refractivity contribution in [2.75, 3.05) is 4.90 Å². The van der Waals surface area contributed by atoms with Crippen molar-refractivity contribution in [2.24, 2.45) is 0 Å². The van der Waals surface area contributed by atoms with Gasteiger partial charge in [-0.3, -0.25) is 0 Å². The van der Waals surface area contributed by atoms with Crippen LogP contribution in [0.5, 0.6) is 0 Å². The van der Waals surface area contributed by atoms with Gasteiger partial charge in [0.05, 0.1) is 16.7 Å². The van der Waals surface area contributed by atoms with Crippen molar-refractivity contribution in [3.8, 4) is 16.8 Å². The maximum atomic E-state index is 6.22. The molecule has 0 aliphatic heterocycles. The summed E-state index contributed by atoms with van der Waals surface area (Å²) in [5.41, 5.74) is 10.9. The minimum atomic E-state index is 0.887. The summed E-state index contributed by atoms with van der Waals surface area (Å²) < 4.78 is 8.61. The first kappa shape index (κ1) is 25.4. The summed E-state index contributed by atoms with van der Waals surface area (Å²) in [6.07, 6.45) is 0. The third kappa shape index (κ3) is 4.13. The maximum absolute atomic E-state index is 6.22. The van der Waals surface area contributed by atoms with Gasteiger partial charge >= 0.3 is 0 Å². The van der Waals surface area contributed by atoms with Crippen molar-refractivity contribution < 1.29 is 4.42 Å². The lowest BCUT2D eigenvalue weighted by atomic mass is 9.99. The Morgan fingerprint density at radius 3 is 1.87 bits per heavy atom. The van der Waals surface area contributed by atoms with E-state index in [9.17, 15) is 0 Å². The third-order valence-corrected chi connectivity index (χ3v) is 8.76. The zero-order valence-electron chi connectivity index (χ0n) is 24.5. The van der Waals surface area contributed by atoms with Crippen LogP contribution in [0.1, 0.15) is 0 Å². The first-order valence-electron chi connectivity index (χ1n) is 15.3. The van der Waals surface area contributed by atoms with E-state index < -0.39 is 0 Å². The van der Waals surface area contributed by atoms with Crippen molar-refractivity contribution in [2.45, 2.75) is 0 Å². The Labute approximate surface area is 260 Å². The minimum Gasteiger partial charge on any atom is -0.456 e. The van der Waals surface area contributed by atoms with E-state index in [1.54, 1.807) is 0 Å². The molecule has 0 unspecified atom stereocenters. The van der Waals surface area contributed by atoms with Gasteiger partial charge in [-0.25, -0.2) is 0 Å². The molecular weight excluding hydrogens is 548 g/mol. The summed E-state index contributed by atoms with van der Waals surface area (Å²) >= 11 is 0. The van der Waals surface area contributed by atoms with Crippen molar-refractivity contribution in [1.82, 2.24) is 4.57 Å². The van der Waals surface area contributed by atoms with Gasteiger partial charge in [0.15, 0.2) is 0 Å². The Morgan fingerprint density at radius 2 is 1.07 bits per heavy atom. The standard InChI is InChI=1S/C42H28N2O/c1-4-14-29(15-5-1)35-27-40-36(33-20-10-12-22-38(33)44(40)31-18-8-3-9-19-31)28-39(35)43(30-16-6-2-7-17-30)32-24-25-42-37(26-32)34-21-11-13-23-41(34)45-42/h1-28H. The number of hydrogen-bond donors (Lipinski definition) is 0. The Hall–Kier alpha value is -6.06. The second kappa shape index (κ2) is 10.3. The van der Waals surface area contributed by atoms with Crippen LogP contribution in [0.2, 0.25) is 0 Å². The van der Waals surface area contributed by atoms with Gasteiger partial charge in [0.2, 0.25) is 0 Å². The summed E-state index contributed by atoms with van der Waals surface area (Å²) in [6.45, 7) is 0. The normalized spacial score (nSPS) is 11.6. The molecular formula is C42H28N2O. The molecule has 212 valence electrons. The monoisotopic (exact) mass is 576 g/mol. The molecule has 0 radical (unpaired) electrons. The van der Waals surface area contributed by atoms with Crippen LogP contribution in [0, 0.1) is 0 Å². The molecule has 0 aliphatic carbocycles. The molecule has 0 atom stereocenters. The first-order chi connectivity index (χ1) is 22.3. The zero-order valence-corrected chi connectivity index (χ0v) is 24.5. The fourth-order valence-electron chi connectivity index (χ4n) is 6.75. The van der Waals surface area contributed by atoms with Crippen LogP contribution in [-0.2, 0) is 0 Å². The van der Waals surface area contributed by atoms with Crippen LogP contribution in [0.15, 0.2) is 174 Å². The highest BCUT2D eigenvalue weighted by molar-refractivity contribution is 6.13. The lowest BCUT2D eigenvalue weighted by Crippen LogP contribution is -2.11. The van der Waals surface area contributed by atoms with Gasteiger partial charge in [-0.15, -0.1) is 0 Å². The fourth-order valence-corrected chi connectivity index (χ4v) is 6.75. The highest BCUT2D eigenvalue weighted by atomic mass is 16.3. The maximum Gasteiger partial charge on any atom is 0.135 e. The molecule has 3 heteroatoms. The molecule has 0 saturated heterocycles. The molecule has 9 aromatic rings.